The van der Waals surface area contributed by atoms with Gasteiger partial charge in [0.2, 0.25) is 0 Å². The molecule has 1 aromatic heterocycles. The van der Waals surface area contributed by atoms with Crippen molar-refractivity contribution in [3.63, 3.8) is 0 Å². The molecule has 0 radical (unpaired) electrons. The molecule has 0 amide bonds. The molecule has 0 saturated heterocycles. The molecular formula is C12H19NOS. The van der Waals surface area contributed by atoms with Gasteiger partial charge in [0, 0.05) is 24.4 Å². The lowest BCUT2D eigenvalue weighted by molar-refractivity contribution is 0.0692. The third kappa shape index (κ3) is 5.72. The molecule has 1 atom stereocenters. The van der Waals surface area contributed by atoms with Crippen molar-refractivity contribution in [1.82, 2.24) is 5.32 Å². The molecule has 1 aromatic rings. The monoisotopic (exact) mass is 225 g/mol. The average Bonchev–Trinajstić information content (AvgIpc) is 2.71. The lowest BCUT2D eigenvalue weighted by atomic mass is 10.3. The van der Waals surface area contributed by atoms with Crippen molar-refractivity contribution in [3.8, 4) is 0 Å². The van der Waals surface area contributed by atoms with Crippen LogP contribution in [0.25, 0.3) is 0 Å². The number of rotatable bonds is 8. The van der Waals surface area contributed by atoms with Crippen molar-refractivity contribution >= 4 is 11.3 Å². The van der Waals surface area contributed by atoms with Crippen LogP contribution in [0.3, 0.4) is 0 Å². The van der Waals surface area contributed by atoms with Crippen LogP contribution in [-0.2, 0) is 11.2 Å². The van der Waals surface area contributed by atoms with Gasteiger partial charge < -0.3 is 10.1 Å². The molecule has 84 valence electrons. The minimum absolute atomic E-state index is 0.268. The quantitative estimate of drug-likeness (QED) is 0.542. The fourth-order valence-electron chi connectivity index (χ4n) is 1.26. The molecule has 2 nitrogen and oxygen atoms in total. The van der Waals surface area contributed by atoms with E-state index in [1.807, 2.05) is 6.08 Å². The smallest absolute Gasteiger partial charge is 0.0671 e. The Kier molecular flexibility index (Phi) is 6.32. The highest BCUT2D eigenvalue weighted by molar-refractivity contribution is 7.09. The zero-order chi connectivity index (χ0) is 10.9. The molecule has 3 heteroatoms. The average molecular weight is 225 g/mol. The minimum atomic E-state index is 0.268. The fourth-order valence-corrected chi connectivity index (χ4v) is 1.95. The van der Waals surface area contributed by atoms with Crippen molar-refractivity contribution in [2.75, 3.05) is 19.7 Å². The van der Waals surface area contributed by atoms with Gasteiger partial charge in [0.1, 0.15) is 0 Å². The molecule has 0 fully saturated rings. The zero-order valence-electron chi connectivity index (χ0n) is 9.24. The first-order valence-corrected chi connectivity index (χ1v) is 6.16. The molecule has 1 heterocycles. The summed E-state index contributed by atoms with van der Waals surface area (Å²) in [5.41, 5.74) is 0. The molecule has 0 bridgehead atoms. The summed E-state index contributed by atoms with van der Waals surface area (Å²) >= 11 is 1.79. The Morgan fingerprint density at radius 2 is 2.53 bits per heavy atom. The highest BCUT2D eigenvalue weighted by Gasteiger charge is 2.01. The van der Waals surface area contributed by atoms with Crippen LogP contribution in [-0.4, -0.2) is 25.8 Å². The lowest BCUT2D eigenvalue weighted by Gasteiger charge is -2.12. The second-order valence-corrected chi connectivity index (χ2v) is 4.49. The summed E-state index contributed by atoms with van der Waals surface area (Å²) in [5, 5.41) is 5.34. The van der Waals surface area contributed by atoms with Crippen molar-refractivity contribution in [2.45, 2.75) is 19.4 Å². The Morgan fingerprint density at radius 3 is 3.20 bits per heavy atom. The molecule has 0 aromatic carbocycles. The number of thiophene rings is 1. The first-order chi connectivity index (χ1) is 7.33. The number of ether oxygens (including phenoxy) is 1. The molecule has 15 heavy (non-hydrogen) atoms. The van der Waals surface area contributed by atoms with Crippen molar-refractivity contribution in [2.24, 2.45) is 0 Å². The molecule has 0 saturated carbocycles. The van der Waals surface area contributed by atoms with E-state index in [4.69, 9.17) is 4.74 Å². The molecule has 0 aliphatic carbocycles. The van der Waals surface area contributed by atoms with Gasteiger partial charge in [-0.3, -0.25) is 0 Å². The summed E-state index contributed by atoms with van der Waals surface area (Å²) in [6.45, 7) is 8.27. The van der Waals surface area contributed by atoms with E-state index in [-0.39, 0.29) is 6.10 Å². The van der Waals surface area contributed by atoms with Gasteiger partial charge >= 0.3 is 0 Å². The predicted molar refractivity (Wildman–Crippen MR) is 66.5 cm³/mol. The lowest BCUT2D eigenvalue weighted by Crippen LogP contribution is -2.27. The van der Waals surface area contributed by atoms with Gasteiger partial charge in [0.25, 0.3) is 0 Å². The topological polar surface area (TPSA) is 21.3 Å². The third-order valence-electron chi connectivity index (χ3n) is 2.05. The van der Waals surface area contributed by atoms with E-state index in [0.717, 1.165) is 26.1 Å². The standard InChI is InChI=1S/C12H19NOS/c1-3-7-13-10-11(2)14-8-6-12-5-4-9-15-12/h3-5,9,11,13H,1,6-8,10H2,2H3. The maximum absolute atomic E-state index is 5.67. The Hall–Kier alpha value is -0.640. The van der Waals surface area contributed by atoms with Crippen LogP contribution in [0.4, 0.5) is 0 Å². The molecule has 1 unspecified atom stereocenters. The van der Waals surface area contributed by atoms with Crippen LogP contribution < -0.4 is 5.32 Å². The highest BCUT2D eigenvalue weighted by atomic mass is 32.1. The van der Waals surface area contributed by atoms with Gasteiger partial charge in [-0.25, -0.2) is 0 Å². The molecule has 1 N–H and O–H groups in total. The number of hydrogen-bond acceptors (Lipinski definition) is 3. The number of nitrogens with one attached hydrogen (secondary N) is 1. The van der Waals surface area contributed by atoms with Crippen molar-refractivity contribution in [3.05, 3.63) is 35.0 Å². The van der Waals surface area contributed by atoms with E-state index < -0.39 is 0 Å². The summed E-state index contributed by atoms with van der Waals surface area (Å²) < 4.78 is 5.67. The largest absolute Gasteiger partial charge is 0.377 e. The van der Waals surface area contributed by atoms with Gasteiger partial charge in [0.05, 0.1) is 12.7 Å². The van der Waals surface area contributed by atoms with Crippen LogP contribution in [0.5, 0.6) is 0 Å². The van der Waals surface area contributed by atoms with Gasteiger partial charge in [-0.15, -0.1) is 17.9 Å². The maximum Gasteiger partial charge on any atom is 0.0671 e. The van der Waals surface area contributed by atoms with Crippen LogP contribution in [0, 0.1) is 0 Å². The molecule has 1 rings (SSSR count). The second kappa shape index (κ2) is 7.63. The second-order valence-electron chi connectivity index (χ2n) is 3.46. The van der Waals surface area contributed by atoms with E-state index in [1.54, 1.807) is 11.3 Å². The summed E-state index contributed by atoms with van der Waals surface area (Å²) in [6, 6.07) is 4.23. The Bertz CT molecular complexity index is 259. The Morgan fingerprint density at radius 1 is 1.67 bits per heavy atom. The molecule has 0 aliphatic rings. The maximum atomic E-state index is 5.67. The summed E-state index contributed by atoms with van der Waals surface area (Å²) in [6.07, 6.45) is 3.15. The summed E-state index contributed by atoms with van der Waals surface area (Å²) in [7, 11) is 0. The van der Waals surface area contributed by atoms with Crippen LogP contribution >= 0.6 is 11.3 Å². The van der Waals surface area contributed by atoms with E-state index >= 15 is 0 Å². The van der Waals surface area contributed by atoms with Gasteiger partial charge in [-0.1, -0.05) is 12.1 Å². The van der Waals surface area contributed by atoms with Gasteiger partial charge in [0.15, 0.2) is 0 Å². The molecular weight excluding hydrogens is 206 g/mol. The predicted octanol–water partition coefficient (Wildman–Crippen LogP) is 2.47. The van der Waals surface area contributed by atoms with Gasteiger partial charge in [-0.2, -0.15) is 0 Å². The number of hydrogen-bond donors (Lipinski definition) is 1. The Balaban J connectivity index is 2.01. The Labute approximate surface area is 96.0 Å². The first-order valence-electron chi connectivity index (χ1n) is 5.28. The normalized spacial score (nSPS) is 12.6. The van der Waals surface area contributed by atoms with Crippen LogP contribution in [0.2, 0.25) is 0 Å². The van der Waals surface area contributed by atoms with E-state index in [1.165, 1.54) is 4.88 Å². The summed E-state index contributed by atoms with van der Waals surface area (Å²) in [4.78, 5) is 1.39. The zero-order valence-corrected chi connectivity index (χ0v) is 10.1. The fraction of sp³-hybridized carbons (Fsp3) is 0.500. The van der Waals surface area contributed by atoms with E-state index in [0.29, 0.717) is 0 Å². The SMILES string of the molecule is C=CCNCC(C)OCCc1cccs1. The van der Waals surface area contributed by atoms with E-state index in [9.17, 15) is 0 Å². The highest BCUT2D eigenvalue weighted by Crippen LogP contribution is 2.09. The van der Waals surface area contributed by atoms with Gasteiger partial charge in [-0.05, 0) is 18.4 Å². The molecule has 0 spiro atoms. The first kappa shape index (κ1) is 12.4. The van der Waals surface area contributed by atoms with Crippen LogP contribution in [0.1, 0.15) is 11.8 Å². The van der Waals surface area contributed by atoms with Crippen molar-refractivity contribution in [1.29, 1.82) is 0 Å². The summed E-state index contributed by atoms with van der Waals surface area (Å²) in [5.74, 6) is 0. The van der Waals surface area contributed by atoms with Crippen LogP contribution in [0.15, 0.2) is 30.2 Å². The third-order valence-corrected chi connectivity index (χ3v) is 2.99. The van der Waals surface area contributed by atoms with E-state index in [2.05, 4.69) is 36.3 Å². The van der Waals surface area contributed by atoms with Crippen molar-refractivity contribution < 1.29 is 4.74 Å². The minimum Gasteiger partial charge on any atom is -0.377 e. The molecule has 0 aliphatic heterocycles.